The Balaban J connectivity index is 0.00000626. The van der Waals surface area contributed by atoms with E-state index in [0.717, 1.165) is 39.6 Å². The topological polar surface area (TPSA) is 33.5 Å². The van der Waals surface area contributed by atoms with Gasteiger partial charge in [0.2, 0.25) is 0 Å². The second-order valence-electron chi connectivity index (χ2n) is 24.5. The summed E-state index contributed by atoms with van der Waals surface area (Å²) in [5, 5.41) is 5.35. The maximum absolute atomic E-state index is 6.99. The largest absolute Gasteiger partial charge is 0.509 e. The van der Waals surface area contributed by atoms with Gasteiger partial charge in [0.15, 0.2) is 0 Å². The Morgan fingerprint density at radius 1 is 0.527 bits per heavy atom. The minimum Gasteiger partial charge on any atom is -0.509 e. The number of ether oxygens (including phenoxy) is 1. The molecule has 7 heteroatoms. The molecular weight excluding hydrogens is 1100 g/mol. The first kappa shape index (κ1) is 51.4. The number of pyridine rings is 1. The molecule has 11 rings (SSSR count). The quantitative estimate of drug-likeness (QED) is 0.142. The van der Waals surface area contributed by atoms with Crippen LogP contribution in [0.5, 0.6) is 11.5 Å². The first-order chi connectivity index (χ1) is 34.5. The number of anilines is 4. The summed E-state index contributed by atoms with van der Waals surface area (Å²) in [4.78, 5) is 9.67. The van der Waals surface area contributed by atoms with Gasteiger partial charge < -0.3 is 19.1 Å². The SMILES string of the molecule is CC(C)p1c2cc(Oc3[c-]c(N4[CH-]N(c5c(-c6ccccc6)cc(C(C)(C)C)cc5-c5cc(C(C)(C)C)cc(C(C)(C)C)c5)c5ccccc54)ccc3)[c-]c3c2c2c(cccc21)n3-c1cc(C(C)(C)C)ccn1.[Pt]. The molecule has 0 saturated carbocycles. The molecule has 1 unspecified atom stereocenters. The summed E-state index contributed by atoms with van der Waals surface area (Å²) in [5.41, 5.74) is 16.5. The summed E-state index contributed by atoms with van der Waals surface area (Å²) in [5.74, 6) is 2.19. The number of rotatable bonds is 8. The molecule has 5 nitrogen and oxygen atoms in total. The van der Waals surface area contributed by atoms with Crippen LogP contribution in [0, 0.1) is 18.8 Å². The summed E-state index contributed by atoms with van der Waals surface area (Å²) in [6.07, 6.45) is 1.94. The van der Waals surface area contributed by atoms with Crippen LogP contribution in [0.25, 0.3) is 60.1 Å². The van der Waals surface area contributed by atoms with Crippen molar-refractivity contribution in [1.82, 2.24) is 9.55 Å². The summed E-state index contributed by atoms with van der Waals surface area (Å²) >= 11 is 0. The second-order valence-corrected chi connectivity index (χ2v) is 27.3. The number of nitrogens with zero attached hydrogens (tertiary/aromatic N) is 4. The molecule has 10 aromatic rings. The molecule has 0 radical (unpaired) electrons. The first-order valence-electron chi connectivity index (χ1n) is 26.0. The number of fused-ring (bicyclic) bond motifs is 1. The van der Waals surface area contributed by atoms with Crippen LogP contribution in [0.1, 0.15) is 125 Å². The van der Waals surface area contributed by atoms with Crippen LogP contribution in [0.2, 0.25) is 0 Å². The van der Waals surface area contributed by atoms with Gasteiger partial charge in [-0.1, -0.05) is 181 Å². The number of hydrogen-bond donors (Lipinski definition) is 0. The van der Waals surface area contributed by atoms with E-state index in [0.29, 0.717) is 17.2 Å². The van der Waals surface area contributed by atoms with Crippen LogP contribution in [-0.4, -0.2) is 9.55 Å². The molecule has 1 aliphatic rings. The second kappa shape index (κ2) is 18.6. The van der Waals surface area contributed by atoms with E-state index in [1.54, 1.807) is 0 Å². The normalized spacial score (nSPS) is 13.7. The molecule has 4 heterocycles. The van der Waals surface area contributed by atoms with Gasteiger partial charge in [0, 0.05) is 72.5 Å². The van der Waals surface area contributed by atoms with Gasteiger partial charge in [-0.25, -0.2) is 4.98 Å². The number of para-hydroxylation sites is 2. The molecule has 0 saturated heterocycles. The van der Waals surface area contributed by atoms with Crippen LogP contribution in [0.15, 0.2) is 146 Å². The Morgan fingerprint density at radius 3 is 1.76 bits per heavy atom. The van der Waals surface area contributed by atoms with Gasteiger partial charge in [-0.15, -0.1) is 55.3 Å². The number of benzene rings is 7. The number of hydrogen-bond acceptors (Lipinski definition) is 4. The van der Waals surface area contributed by atoms with Crippen molar-refractivity contribution in [2.75, 3.05) is 9.80 Å². The molecule has 1 atom stereocenters. The van der Waals surface area contributed by atoms with E-state index in [9.17, 15) is 0 Å². The van der Waals surface area contributed by atoms with Crippen LogP contribution in [0.3, 0.4) is 0 Å². The van der Waals surface area contributed by atoms with Crippen molar-refractivity contribution in [1.29, 1.82) is 0 Å². The van der Waals surface area contributed by atoms with Gasteiger partial charge in [0.05, 0.1) is 0 Å². The van der Waals surface area contributed by atoms with Gasteiger partial charge in [0.25, 0.3) is 0 Å². The predicted octanol–water partition coefficient (Wildman–Crippen LogP) is 19.7. The van der Waals surface area contributed by atoms with Gasteiger partial charge in [0.1, 0.15) is 5.82 Å². The summed E-state index contributed by atoms with van der Waals surface area (Å²) in [6, 6.07) is 59.0. The number of aromatic nitrogens is 2. The molecular formula is C67H68N4OPPt-3. The van der Waals surface area contributed by atoms with E-state index >= 15 is 0 Å². The summed E-state index contributed by atoms with van der Waals surface area (Å²) in [6.45, 7) is 34.6. The fourth-order valence-corrected chi connectivity index (χ4v) is 13.5. The van der Waals surface area contributed by atoms with E-state index in [-0.39, 0.29) is 42.7 Å². The Kier molecular flexibility index (Phi) is 12.9. The molecule has 3 aromatic heterocycles. The standard InChI is InChI=1S/C67H68N4OP.Pt/c1-42(2)73-58-29-21-28-56-61(58)62-57(71(56)60-37-45(30-31-68-60)64(3,4)5)39-51(40-59(62)73)72-50-25-20-24-49(38-50)69-41-70(55-27-19-18-26-54(55)69)63-52(43-22-16-15-17-23-43)35-48(67(12,13)14)36-53(63)44-32-46(65(6,7)8)34-47(33-44)66(9,10)11;/h15-37,40-42H,1-14H3;/q-3;. The third kappa shape index (κ3) is 9.07. The van der Waals surface area contributed by atoms with Crippen molar-refractivity contribution in [2.24, 2.45) is 0 Å². The monoisotopic (exact) mass is 1170 g/mol. The molecule has 0 aliphatic carbocycles. The zero-order chi connectivity index (χ0) is 51.5. The first-order valence-corrected chi connectivity index (χ1v) is 27.4. The molecule has 0 spiro atoms. The minimum absolute atomic E-state index is 0. The van der Waals surface area contributed by atoms with Gasteiger partial charge in [-0.05, 0) is 114 Å². The van der Waals surface area contributed by atoms with Crippen LogP contribution in [0.4, 0.5) is 22.7 Å². The van der Waals surface area contributed by atoms with Gasteiger partial charge in [-0.3, -0.25) is 0 Å². The molecule has 0 amide bonds. The van der Waals surface area contributed by atoms with Crippen molar-refractivity contribution < 1.29 is 25.8 Å². The molecule has 1 aliphatic heterocycles. The van der Waals surface area contributed by atoms with Crippen molar-refractivity contribution >= 4 is 62.3 Å². The maximum Gasteiger partial charge on any atom is 0.135 e. The van der Waals surface area contributed by atoms with Crippen LogP contribution in [-0.2, 0) is 42.7 Å². The molecule has 0 fully saturated rings. The zero-order valence-electron chi connectivity index (χ0n) is 45.5. The molecule has 0 bridgehead atoms. The Morgan fingerprint density at radius 2 is 1.12 bits per heavy atom. The summed E-state index contributed by atoms with van der Waals surface area (Å²) in [7, 11) is -0.625. The predicted molar refractivity (Wildman–Crippen MR) is 312 cm³/mol. The fraction of sp³-hybridized carbons (Fsp3) is 0.284. The third-order valence-corrected chi connectivity index (χ3v) is 17.6. The third-order valence-electron chi connectivity index (χ3n) is 14.8. The Bertz CT molecular complexity index is 3690. The fourth-order valence-electron chi connectivity index (χ4n) is 10.7. The van der Waals surface area contributed by atoms with E-state index in [1.165, 1.54) is 65.5 Å². The van der Waals surface area contributed by atoms with E-state index in [1.807, 2.05) is 12.3 Å². The Labute approximate surface area is 455 Å². The maximum atomic E-state index is 6.99. The van der Waals surface area contributed by atoms with Crippen LogP contribution >= 0.6 is 7.53 Å². The van der Waals surface area contributed by atoms with Crippen molar-refractivity contribution in [3.05, 3.63) is 187 Å². The average Bonchev–Trinajstić information content (AvgIpc) is 4.01. The molecule has 0 N–H and O–H groups in total. The average molecular weight is 1170 g/mol. The molecule has 74 heavy (non-hydrogen) atoms. The van der Waals surface area contributed by atoms with Gasteiger partial charge in [-0.2, -0.15) is 6.07 Å². The van der Waals surface area contributed by atoms with Crippen molar-refractivity contribution in [3.8, 4) is 39.6 Å². The van der Waals surface area contributed by atoms with E-state index in [4.69, 9.17) is 9.72 Å². The van der Waals surface area contributed by atoms with E-state index in [2.05, 4.69) is 264 Å². The van der Waals surface area contributed by atoms with Crippen molar-refractivity contribution in [3.63, 3.8) is 0 Å². The minimum atomic E-state index is -0.625. The van der Waals surface area contributed by atoms with Crippen LogP contribution < -0.4 is 14.5 Å². The molecule has 7 aromatic carbocycles. The summed E-state index contributed by atoms with van der Waals surface area (Å²) < 4.78 is 9.29. The smallest absolute Gasteiger partial charge is 0.135 e. The zero-order valence-corrected chi connectivity index (χ0v) is 48.6. The Hall–Kier alpha value is -6.12. The van der Waals surface area contributed by atoms with Crippen molar-refractivity contribution in [2.45, 2.75) is 124 Å². The van der Waals surface area contributed by atoms with Gasteiger partial charge >= 0.3 is 0 Å². The van der Waals surface area contributed by atoms with E-state index < -0.39 is 7.53 Å². The molecule has 380 valence electrons.